The van der Waals surface area contributed by atoms with Gasteiger partial charge in [-0.1, -0.05) is 28.1 Å². The normalized spacial score (nSPS) is 15.4. The average Bonchev–Trinajstić information content (AvgIpc) is 3.10. The van der Waals surface area contributed by atoms with Gasteiger partial charge in [-0.15, -0.1) is 0 Å². The minimum absolute atomic E-state index is 0.587. The van der Waals surface area contributed by atoms with Crippen LogP contribution in [0.1, 0.15) is 37.8 Å². The van der Waals surface area contributed by atoms with Crippen LogP contribution >= 0.6 is 15.9 Å². The second-order valence-corrected chi connectivity index (χ2v) is 6.00. The quantitative estimate of drug-likeness (QED) is 0.722. The Bertz CT molecular complexity index is 383. The smallest absolute Gasteiger partial charge is 0.0398 e. The van der Waals surface area contributed by atoms with Crippen LogP contribution in [-0.2, 0) is 5.33 Å². The number of halogens is 1. The van der Waals surface area contributed by atoms with Crippen LogP contribution in [0.4, 0.5) is 5.69 Å². The molecule has 1 fully saturated rings. The second-order valence-electron chi connectivity index (χ2n) is 5.44. The van der Waals surface area contributed by atoms with E-state index in [1.54, 1.807) is 0 Å². The van der Waals surface area contributed by atoms with E-state index in [4.69, 9.17) is 0 Å². The number of anilines is 1. The molecule has 0 atom stereocenters. The Labute approximate surface area is 113 Å². The number of benzene rings is 1. The van der Waals surface area contributed by atoms with Crippen molar-refractivity contribution in [1.29, 1.82) is 0 Å². The topological polar surface area (TPSA) is 3.24 Å². The number of alkyl halides is 1. The zero-order valence-corrected chi connectivity index (χ0v) is 12.6. The highest BCUT2D eigenvalue weighted by Gasteiger charge is 2.26. The lowest BCUT2D eigenvalue weighted by molar-refractivity contribution is 0.643. The fourth-order valence-electron chi connectivity index (χ4n) is 2.29. The van der Waals surface area contributed by atoms with Gasteiger partial charge in [0, 0.05) is 23.6 Å². The molecule has 1 aromatic carbocycles. The number of nitrogens with zero attached hydrogens (tertiary/aromatic N) is 1. The SMILES string of the molecule is Cc1cc(CBr)ccc1N(CC1CC1)C(C)C. The lowest BCUT2D eigenvalue weighted by Crippen LogP contribution is -2.33. The Morgan fingerprint density at radius 3 is 2.53 bits per heavy atom. The summed E-state index contributed by atoms with van der Waals surface area (Å²) in [4.78, 5) is 2.56. The molecular weight excluding hydrogens is 274 g/mol. The van der Waals surface area contributed by atoms with Crippen molar-refractivity contribution in [3.05, 3.63) is 29.3 Å². The molecule has 0 aliphatic heterocycles. The van der Waals surface area contributed by atoms with Gasteiger partial charge in [-0.05, 0) is 56.7 Å². The summed E-state index contributed by atoms with van der Waals surface area (Å²) in [6, 6.07) is 7.41. The molecule has 1 aliphatic rings. The highest BCUT2D eigenvalue weighted by atomic mass is 79.9. The van der Waals surface area contributed by atoms with E-state index in [9.17, 15) is 0 Å². The molecule has 0 radical (unpaired) electrons. The summed E-state index contributed by atoms with van der Waals surface area (Å²) in [5, 5.41) is 0.943. The highest BCUT2D eigenvalue weighted by molar-refractivity contribution is 9.08. The average molecular weight is 296 g/mol. The van der Waals surface area contributed by atoms with Crippen LogP contribution in [0.3, 0.4) is 0 Å². The fraction of sp³-hybridized carbons (Fsp3) is 0.600. The van der Waals surface area contributed by atoms with Crippen molar-refractivity contribution in [3.63, 3.8) is 0 Å². The van der Waals surface area contributed by atoms with E-state index in [2.05, 4.69) is 59.8 Å². The molecular formula is C15H22BrN. The van der Waals surface area contributed by atoms with Crippen LogP contribution in [-0.4, -0.2) is 12.6 Å². The molecule has 1 saturated carbocycles. The van der Waals surface area contributed by atoms with E-state index >= 15 is 0 Å². The van der Waals surface area contributed by atoms with Gasteiger partial charge in [0.15, 0.2) is 0 Å². The predicted molar refractivity (Wildman–Crippen MR) is 79.0 cm³/mol. The molecule has 1 aromatic rings. The van der Waals surface area contributed by atoms with Crippen LogP contribution in [0.2, 0.25) is 0 Å². The Kier molecular flexibility index (Phi) is 4.13. The molecule has 0 aromatic heterocycles. The Balaban J connectivity index is 2.21. The Morgan fingerprint density at radius 1 is 1.35 bits per heavy atom. The van der Waals surface area contributed by atoms with E-state index in [1.807, 2.05) is 0 Å². The van der Waals surface area contributed by atoms with Crippen molar-refractivity contribution in [2.45, 2.75) is 45.0 Å². The van der Waals surface area contributed by atoms with Gasteiger partial charge in [-0.3, -0.25) is 0 Å². The molecule has 2 heteroatoms. The van der Waals surface area contributed by atoms with Crippen molar-refractivity contribution in [2.75, 3.05) is 11.4 Å². The van der Waals surface area contributed by atoms with E-state index in [1.165, 1.54) is 36.2 Å². The molecule has 0 heterocycles. The monoisotopic (exact) mass is 295 g/mol. The first kappa shape index (κ1) is 12.9. The molecule has 0 saturated heterocycles. The first-order valence-corrected chi connectivity index (χ1v) is 7.66. The molecule has 1 aliphatic carbocycles. The van der Waals surface area contributed by atoms with Crippen LogP contribution < -0.4 is 4.90 Å². The summed E-state index contributed by atoms with van der Waals surface area (Å²) in [5.41, 5.74) is 4.18. The second kappa shape index (κ2) is 5.43. The fourth-order valence-corrected chi connectivity index (χ4v) is 2.64. The Hall–Kier alpha value is -0.500. The third-order valence-corrected chi connectivity index (χ3v) is 4.15. The van der Waals surface area contributed by atoms with Gasteiger partial charge in [-0.2, -0.15) is 0 Å². The molecule has 0 N–H and O–H groups in total. The molecule has 94 valence electrons. The maximum atomic E-state index is 3.52. The first-order valence-electron chi connectivity index (χ1n) is 6.54. The van der Waals surface area contributed by atoms with Crippen LogP contribution in [0.15, 0.2) is 18.2 Å². The van der Waals surface area contributed by atoms with Crippen molar-refractivity contribution in [2.24, 2.45) is 5.92 Å². The van der Waals surface area contributed by atoms with Gasteiger partial charge in [0.05, 0.1) is 0 Å². The van der Waals surface area contributed by atoms with Gasteiger partial charge in [0.1, 0.15) is 0 Å². The van der Waals surface area contributed by atoms with Gasteiger partial charge < -0.3 is 4.90 Å². The number of rotatable bonds is 5. The molecule has 1 nitrogen and oxygen atoms in total. The maximum Gasteiger partial charge on any atom is 0.0398 e. The van der Waals surface area contributed by atoms with E-state index in [0.29, 0.717) is 6.04 Å². The molecule has 2 rings (SSSR count). The van der Waals surface area contributed by atoms with Gasteiger partial charge in [0.2, 0.25) is 0 Å². The summed E-state index contributed by atoms with van der Waals surface area (Å²) < 4.78 is 0. The Morgan fingerprint density at radius 2 is 2.06 bits per heavy atom. The molecule has 0 amide bonds. The van der Waals surface area contributed by atoms with Gasteiger partial charge >= 0.3 is 0 Å². The predicted octanol–water partition coefficient (Wildman–Crippen LogP) is 4.51. The summed E-state index contributed by atoms with van der Waals surface area (Å²) >= 11 is 3.52. The van der Waals surface area contributed by atoms with E-state index in [-0.39, 0.29) is 0 Å². The standard InChI is InChI=1S/C15H22BrN/c1-11(2)17(10-13-4-5-13)15-7-6-14(9-16)8-12(15)3/h6-8,11,13H,4-5,9-10H2,1-3H3. The molecule has 0 unspecified atom stereocenters. The van der Waals surface area contributed by atoms with Crippen molar-refractivity contribution < 1.29 is 0 Å². The summed E-state index contributed by atoms with van der Waals surface area (Å²) in [7, 11) is 0. The molecule has 17 heavy (non-hydrogen) atoms. The van der Waals surface area contributed by atoms with Gasteiger partial charge in [0.25, 0.3) is 0 Å². The molecule has 0 spiro atoms. The summed E-state index contributed by atoms with van der Waals surface area (Å²) in [6.07, 6.45) is 2.84. The maximum absolute atomic E-state index is 3.52. The number of aryl methyl sites for hydroxylation is 1. The molecule has 0 bridgehead atoms. The minimum Gasteiger partial charge on any atom is -0.369 e. The van der Waals surface area contributed by atoms with E-state index in [0.717, 1.165) is 11.2 Å². The number of hydrogen-bond donors (Lipinski definition) is 0. The lowest BCUT2D eigenvalue weighted by Gasteiger charge is -2.30. The third-order valence-electron chi connectivity index (χ3n) is 3.50. The van der Waals surface area contributed by atoms with Crippen LogP contribution in [0.25, 0.3) is 0 Å². The minimum atomic E-state index is 0.587. The first-order chi connectivity index (χ1) is 8.11. The van der Waals surface area contributed by atoms with Crippen molar-refractivity contribution in [3.8, 4) is 0 Å². The zero-order valence-electron chi connectivity index (χ0n) is 11.0. The number of hydrogen-bond acceptors (Lipinski definition) is 1. The van der Waals surface area contributed by atoms with Crippen LogP contribution in [0.5, 0.6) is 0 Å². The zero-order chi connectivity index (χ0) is 12.4. The van der Waals surface area contributed by atoms with E-state index < -0.39 is 0 Å². The van der Waals surface area contributed by atoms with Crippen molar-refractivity contribution in [1.82, 2.24) is 0 Å². The van der Waals surface area contributed by atoms with Crippen molar-refractivity contribution >= 4 is 21.6 Å². The summed E-state index contributed by atoms with van der Waals surface area (Å²) in [6.45, 7) is 8.04. The summed E-state index contributed by atoms with van der Waals surface area (Å²) in [5.74, 6) is 0.938. The highest BCUT2D eigenvalue weighted by Crippen LogP contribution is 2.33. The largest absolute Gasteiger partial charge is 0.369 e. The van der Waals surface area contributed by atoms with Crippen LogP contribution in [0, 0.1) is 12.8 Å². The van der Waals surface area contributed by atoms with Gasteiger partial charge in [-0.25, -0.2) is 0 Å². The lowest BCUT2D eigenvalue weighted by atomic mass is 10.1. The third kappa shape index (κ3) is 3.25.